The van der Waals surface area contributed by atoms with Crippen molar-refractivity contribution in [3.63, 3.8) is 0 Å². The lowest BCUT2D eigenvalue weighted by atomic mass is 10.3. The lowest BCUT2D eigenvalue weighted by Gasteiger charge is -2.17. The van der Waals surface area contributed by atoms with Gasteiger partial charge in [0.05, 0.1) is 6.54 Å². The Morgan fingerprint density at radius 2 is 2.00 bits per heavy atom. The van der Waals surface area contributed by atoms with Crippen LogP contribution in [0.1, 0.15) is 22.7 Å². The second-order valence-corrected chi connectivity index (χ2v) is 4.35. The topological polar surface area (TPSA) is 62.7 Å². The summed E-state index contributed by atoms with van der Waals surface area (Å²) < 4.78 is 5.32. The zero-order chi connectivity index (χ0) is 12.8. The highest BCUT2D eigenvalue weighted by molar-refractivity contribution is 5.91. The molecule has 1 aromatic rings. The van der Waals surface area contributed by atoms with E-state index in [-0.39, 0.29) is 5.91 Å². The van der Waals surface area contributed by atoms with Gasteiger partial charge >= 0.3 is 0 Å². The van der Waals surface area contributed by atoms with Crippen LogP contribution in [-0.4, -0.2) is 49.9 Å². The van der Waals surface area contributed by atoms with Crippen molar-refractivity contribution in [3.8, 4) is 0 Å². The van der Waals surface area contributed by atoms with Crippen molar-refractivity contribution in [2.24, 2.45) is 5.73 Å². The van der Waals surface area contributed by atoms with E-state index < -0.39 is 0 Å². The maximum absolute atomic E-state index is 11.9. The van der Waals surface area contributed by atoms with Gasteiger partial charge in [0.2, 0.25) is 0 Å². The van der Waals surface area contributed by atoms with Gasteiger partial charge in [-0.25, -0.2) is 0 Å². The Hall–Kier alpha value is -1.33. The van der Waals surface area contributed by atoms with Gasteiger partial charge in [-0.3, -0.25) is 4.79 Å². The van der Waals surface area contributed by atoms with Crippen LogP contribution in [0.2, 0.25) is 0 Å². The number of furan rings is 1. The molecule has 0 aliphatic carbocycles. The van der Waals surface area contributed by atoms with E-state index in [0.717, 1.165) is 19.5 Å². The number of hydrogen-bond donors (Lipinski definition) is 1. The Morgan fingerprint density at radius 1 is 1.29 bits per heavy atom. The van der Waals surface area contributed by atoms with Crippen LogP contribution in [-0.2, 0) is 6.54 Å². The molecule has 5 nitrogen and oxygen atoms in total. The lowest BCUT2D eigenvalue weighted by Crippen LogP contribution is -2.29. The summed E-state index contributed by atoms with van der Waals surface area (Å²) in [6, 6.07) is 3.41. The predicted octanol–water partition coefficient (Wildman–Crippen LogP) is 0.762. The van der Waals surface area contributed by atoms with E-state index in [4.69, 9.17) is 10.2 Å². The molecular weight excluding hydrogens is 218 g/mol. The van der Waals surface area contributed by atoms with Crippen LogP contribution in [0.25, 0.3) is 0 Å². The van der Waals surface area contributed by atoms with E-state index in [1.54, 1.807) is 24.1 Å². The van der Waals surface area contributed by atoms with Crippen molar-refractivity contribution in [2.45, 2.75) is 13.0 Å². The fourth-order valence-corrected chi connectivity index (χ4v) is 1.52. The summed E-state index contributed by atoms with van der Waals surface area (Å²) in [5, 5.41) is 0. The van der Waals surface area contributed by atoms with Gasteiger partial charge < -0.3 is 20.0 Å². The van der Waals surface area contributed by atoms with E-state index in [0.29, 0.717) is 18.1 Å². The molecule has 5 heteroatoms. The van der Waals surface area contributed by atoms with Crippen molar-refractivity contribution in [1.29, 1.82) is 0 Å². The van der Waals surface area contributed by atoms with Crippen molar-refractivity contribution in [2.75, 3.05) is 34.2 Å². The molecule has 17 heavy (non-hydrogen) atoms. The van der Waals surface area contributed by atoms with Crippen LogP contribution < -0.4 is 5.73 Å². The highest BCUT2D eigenvalue weighted by Crippen LogP contribution is 2.09. The third-order valence-corrected chi connectivity index (χ3v) is 2.52. The van der Waals surface area contributed by atoms with Crippen molar-refractivity contribution in [1.82, 2.24) is 9.80 Å². The van der Waals surface area contributed by atoms with Crippen LogP contribution >= 0.6 is 0 Å². The second kappa shape index (κ2) is 6.42. The normalized spacial score (nSPS) is 10.9. The van der Waals surface area contributed by atoms with Gasteiger partial charge in [-0.05, 0) is 39.2 Å². The SMILES string of the molecule is CN(C)CCCN(C)C(=O)c1ccc(CN)o1. The largest absolute Gasteiger partial charge is 0.455 e. The smallest absolute Gasteiger partial charge is 0.289 e. The first-order valence-corrected chi connectivity index (χ1v) is 5.73. The third-order valence-electron chi connectivity index (χ3n) is 2.52. The summed E-state index contributed by atoms with van der Waals surface area (Å²) in [7, 11) is 5.81. The number of carbonyl (C=O) groups excluding carboxylic acids is 1. The van der Waals surface area contributed by atoms with Gasteiger partial charge in [0.25, 0.3) is 5.91 Å². The summed E-state index contributed by atoms with van der Waals surface area (Å²) in [5.41, 5.74) is 5.43. The molecule has 0 bridgehead atoms. The Morgan fingerprint density at radius 3 is 2.53 bits per heavy atom. The zero-order valence-electron chi connectivity index (χ0n) is 10.8. The molecule has 0 aliphatic heterocycles. The summed E-state index contributed by atoms with van der Waals surface area (Å²) in [6.07, 6.45) is 0.944. The fraction of sp³-hybridized carbons (Fsp3) is 0.583. The molecular formula is C12H21N3O2. The molecule has 1 aromatic heterocycles. The van der Waals surface area contributed by atoms with E-state index in [1.807, 2.05) is 14.1 Å². The number of carbonyl (C=O) groups is 1. The highest BCUT2D eigenvalue weighted by Gasteiger charge is 2.15. The van der Waals surface area contributed by atoms with Crippen molar-refractivity contribution < 1.29 is 9.21 Å². The average molecular weight is 239 g/mol. The zero-order valence-corrected chi connectivity index (χ0v) is 10.8. The molecule has 1 heterocycles. The minimum absolute atomic E-state index is 0.0940. The number of nitrogens with zero attached hydrogens (tertiary/aromatic N) is 2. The first kappa shape index (κ1) is 13.7. The fourth-order valence-electron chi connectivity index (χ4n) is 1.52. The molecule has 0 saturated heterocycles. The maximum atomic E-state index is 11.9. The molecule has 0 radical (unpaired) electrons. The maximum Gasteiger partial charge on any atom is 0.289 e. The highest BCUT2D eigenvalue weighted by atomic mass is 16.4. The lowest BCUT2D eigenvalue weighted by molar-refractivity contribution is 0.0757. The van der Waals surface area contributed by atoms with Crippen LogP contribution in [0.15, 0.2) is 16.5 Å². The molecule has 0 atom stereocenters. The van der Waals surface area contributed by atoms with Crippen LogP contribution in [0.5, 0.6) is 0 Å². The van der Waals surface area contributed by atoms with Crippen LogP contribution in [0.4, 0.5) is 0 Å². The number of rotatable bonds is 6. The Kier molecular flexibility index (Phi) is 5.18. The molecule has 0 saturated carbocycles. The quantitative estimate of drug-likeness (QED) is 0.796. The van der Waals surface area contributed by atoms with Gasteiger partial charge in [0.1, 0.15) is 5.76 Å². The molecule has 96 valence electrons. The van der Waals surface area contributed by atoms with Gasteiger partial charge in [0, 0.05) is 13.6 Å². The van der Waals surface area contributed by atoms with E-state index in [1.165, 1.54) is 0 Å². The Labute approximate surface area is 102 Å². The Bertz CT molecular complexity index is 360. The summed E-state index contributed by atoms with van der Waals surface area (Å²) >= 11 is 0. The Balaban J connectivity index is 2.46. The number of amides is 1. The number of hydrogen-bond acceptors (Lipinski definition) is 4. The van der Waals surface area contributed by atoms with Gasteiger partial charge in [-0.15, -0.1) is 0 Å². The molecule has 0 aliphatic rings. The first-order valence-electron chi connectivity index (χ1n) is 5.73. The van der Waals surface area contributed by atoms with E-state index in [9.17, 15) is 4.79 Å². The first-order chi connectivity index (χ1) is 8.04. The molecule has 1 rings (SSSR count). The van der Waals surface area contributed by atoms with Gasteiger partial charge in [-0.1, -0.05) is 0 Å². The molecule has 0 aromatic carbocycles. The molecule has 0 fully saturated rings. The minimum Gasteiger partial charge on any atom is -0.455 e. The number of nitrogens with two attached hydrogens (primary N) is 1. The van der Waals surface area contributed by atoms with Gasteiger partial charge in [-0.2, -0.15) is 0 Å². The monoisotopic (exact) mass is 239 g/mol. The average Bonchev–Trinajstić information content (AvgIpc) is 2.75. The van der Waals surface area contributed by atoms with Crippen LogP contribution in [0.3, 0.4) is 0 Å². The molecule has 2 N–H and O–H groups in total. The van der Waals surface area contributed by atoms with Crippen molar-refractivity contribution >= 4 is 5.91 Å². The molecule has 0 spiro atoms. The van der Waals surface area contributed by atoms with Gasteiger partial charge in [0.15, 0.2) is 5.76 Å². The summed E-state index contributed by atoms with van der Waals surface area (Å²) in [6.45, 7) is 2.00. The summed E-state index contributed by atoms with van der Waals surface area (Å²) in [5.74, 6) is 0.899. The van der Waals surface area contributed by atoms with Crippen molar-refractivity contribution in [3.05, 3.63) is 23.7 Å². The molecule has 1 amide bonds. The van der Waals surface area contributed by atoms with Crippen LogP contribution in [0, 0.1) is 0 Å². The predicted molar refractivity (Wildman–Crippen MR) is 66.7 cm³/mol. The standard InChI is InChI=1S/C12H21N3O2/c1-14(2)7-4-8-15(3)12(16)11-6-5-10(9-13)17-11/h5-6H,4,7-9,13H2,1-3H3. The second-order valence-electron chi connectivity index (χ2n) is 4.35. The van der Waals surface area contributed by atoms with E-state index >= 15 is 0 Å². The molecule has 0 unspecified atom stereocenters. The minimum atomic E-state index is -0.0940. The summed E-state index contributed by atoms with van der Waals surface area (Å²) in [4.78, 5) is 15.7. The third kappa shape index (κ3) is 4.20. The van der Waals surface area contributed by atoms with E-state index in [2.05, 4.69) is 4.90 Å².